The number of pyridine rings is 1. The molecule has 1 fully saturated rings. The lowest BCUT2D eigenvalue weighted by Gasteiger charge is -2.07. The van der Waals surface area contributed by atoms with E-state index in [1.165, 1.54) is 13.2 Å². The van der Waals surface area contributed by atoms with Crippen molar-refractivity contribution in [2.45, 2.75) is 18.8 Å². The van der Waals surface area contributed by atoms with Crippen molar-refractivity contribution < 1.29 is 9.13 Å². The molecular weight excluding hydrogens is 241 g/mol. The van der Waals surface area contributed by atoms with Crippen molar-refractivity contribution >= 4 is 22.5 Å². The van der Waals surface area contributed by atoms with Crippen LogP contribution in [0, 0.1) is 5.82 Å². The fourth-order valence-corrected chi connectivity index (χ4v) is 2.21. The number of fused-ring (bicyclic) bond motifs is 1. The third kappa shape index (κ3) is 1.84. The highest BCUT2D eigenvalue weighted by Gasteiger charge is 2.26. The molecule has 0 N–H and O–H groups in total. The van der Waals surface area contributed by atoms with E-state index in [1.807, 2.05) is 6.07 Å². The van der Waals surface area contributed by atoms with Crippen LogP contribution in [0.5, 0.6) is 5.75 Å². The van der Waals surface area contributed by atoms with Crippen molar-refractivity contribution in [1.29, 1.82) is 0 Å². The third-order valence-corrected chi connectivity index (χ3v) is 3.36. The molecule has 0 aliphatic heterocycles. The SMILES string of the molecule is COc1cc2c(Cl)cc(C3CC3)nc2cc1F. The third-order valence-electron chi connectivity index (χ3n) is 3.05. The molecule has 2 aromatic rings. The summed E-state index contributed by atoms with van der Waals surface area (Å²) in [5.41, 5.74) is 1.56. The first-order valence-electron chi connectivity index (χ1n) is 5.52. The maximum Gasteiger partial charge on any atom is 0.167 e. The summed E-state index contributed by atoms with van der Waals surface area (Å²) in [6, 6.07) is 4.85. The number of hydrogen-bond donors (Lipinski definition) is 0. The molecule has 1 saturated carbocycles. The first-order valence-corrected chi connectivity index (χ1v) is 5.90. The highest BCUT2D eigenvalue weighted by Crippen LogP contribution is 2.41. The van der Waals surface area contributed by atoms with Crippen LogP contribution in [-0.2, 0) is 0 Å². The highest BCUT2D eigenvalue weighted by atomic mass is 35.5. The van der Waals surface area contributed by atoms with Crippen LogP contribution in [0.15, 0.2) is 18.2 Å². The van der Waals surface area contributed by atoms with Gasteiger partial charge in [-0.3, -0.25) is 4.98 Å². The van der Waals surface area contributed by atoms with Crippen LogP contribution in [0.1, 0.15) is 24.5 Å². The first-order chi connectivity index (χ1) is 8.19. The number of nitrogens with zero attached hydrogens (tertiary/aromatic N) is 1. The molecule has 1 heterocycles. The molecule has 0 saturated heterocycles. The summed E-state index contributed by atoms with van der Waals surface area (Å²) >= 11 is 6.20. The Hall–Kier alpha value is -1.35. The minimum absolute atomic E-state index is 0.195. The summed E-state index contributed by atoms with van der Waals surface area (Å²) < 4.78 is 18.5. The van der Waals surface area contributed by atoms with E-state index < -0.39 is 5.82 Å². The molecule has 3 rings (SSSR count). The molecular formula is C13H11ClFNO. The minimum Gasteiger partial charge on any atom is -0.494 e. The van der Waals surface area contributed by atoms with Gasteiger partial charge >= 0.3 is 0 Å². The number of halogens is 2. The largest absolute Gasteiger partial charge is 0.494 e. The number of aromatic nitrogens is 1. The summed E-state index contributed by atoms with van der Waals surface area (Å²) in [5, 5.41) is 1.34. The molecule has 0 radical (unpaired) electrons. The summed E-state index contributed by atoms with van der Waals surface area (Å²) in [4.78, 5) is 4.45. The van der Waals surface area contributed by atoms with Crippen molar-refractivity contribution in [3.05, 3.63) is 34.7 Å². The first kappa shape index (κ1) is 10.8. The van der Waals surface area contributed by atoms with Crippen LogP contribution in [0.3, 0.4) is 0 Å². The van der Waals surface area contributed by atoms with E-state index in [0.717, 1.165) is 23.9 Å². The zero-order valence-corrected chi connectivity index (χ0v) is 10.1. The molecule has 0 amide bonds. The molecule has 2 nitrogen and oxygen atoms in total. The van der Waals surface area contributed by atoms with E-state index in [-0.39, 0.29) is 5.75 Å². The Morgan fingerprint density at radius 3 is 2.76 bits per heavy atom. The molecule has 0 bridgehead atoms. The molecule has 1 aromatic heterocycles. The normalized spacial score (nSPS) is 15.2. The average Bonchev–Trinajstić information content (AvgIpc) is 3.11. The summed E-state index contributed by atoms with van der Waals surface area (Å²) in [6.07, 6.45) is 2.29. The Morgan fingerprint density at radius 2 is 2.12 bits per heavy atom. The number of hydrogen-bond acceptors (Lipinski definition) is 2. The maximum atomic E-state index is 13.6. The molecule has 88 valence electrons. The Morgan fingerprint density at radius 1 is 1.35 bits per heavy atom. The Labute approximate surface area is 103 Å². The number of benzene rings is 1. The lowest BCUT2D eigenvalue weighted by molar-refractivity contribution is 0.387. The molecule has 17 heavy (non-hydrogen) atoms. The Bertz CT molecular complexity index is 595. The molecule has 0 atom stereocenters. The van der Waals surface area contributed by atoms with Crippen LogP contribution in [0.4, 0.5) is 4.39 Å². The lowest BCUT2D eigenvalue weighted by Crippen LogP contribution is -1.93. The predicted molar refractivity (Wildman–Crippen MR) is 65.2 cm³/mol. The van der Waals surface area contributed by atoms with Gasteiger partial charge in [-0.25, -0.2) is 4.39 Å². The van der Waals surface area contributed by atoms with Crippen LogP contribution in [0.25, 0.3) is 10.9 Å². The standard InChI is InChI=1S/C13H11ClFNO/c1-17-13-4-8-9(14)5-11(7-2-3-7)16-12(8)6-10(13)15/h4-7H,2-3H2,1H3. The quantitative estimate of drug-likeness (QED) is 0.807. The fourth-order valence-electron chi connectivity index (χ4n) is 1.95. The van der Waals surface area contributed by atoms with Gasteiger partial charge in [-0.15, -0.1) is 0 Å². The van der Waals surface area contributed by atoms with E-state index in [4.69, 9.17) is 16.3 Å². The Balaban J connectivity index is 2.24. The van der Waals surface area contributed by atoms with Crippen molar-refractivity contribution in [3.8, 4) is 5.75 Å². The van der Waals surface area contributed by atoms with Gasteiger partial charge in [0, 0.05) is 23.1 Å². The van der Waals surface area contributed by atoms with Crippen molar-refractivity contribution in [1.82, 2.24) is 4.98 Å². The smallest absolute Gasteiger partial charge is 0.167 e. The number of ether oxygens (including phenoxy) is 1. The fraction of sp³-hybridized carbons (Fsp3) is 0.308. The zero-order valence-electron chi connectivity index (χ0n) is 9.34. The van der Waals surface area contributed by atoms with E-state index in [9.17, 15) is 4.39 Å². The second-order valence-corrected chi connectivity index (χ2v) is 4.71. The van der Waals surface area contributed by atoms with Gasteiger partial charge < -0.3 is 4.74 Å². The van der Waals surface area contributed by atoms with Crippen molar-refractivity contribution in [2.75, 3.05) is 7.11 Å². The zero-order chi connectivity index (χ0) is 12.0. The summed E-state index contributed by atoms with van der Waals surface area (Å²) in [7, 11) is 1.43. The number of rotatable bonds is 2. The average molecular weight is 252 g/mol. The second kappa shape index (κ2) is 3.84. The molecule has 1 aromatic carbocycles. The van der Waals surface area contributed by atoms with E-state index >= 15 is 0 Å². The van der Waals surface area contributed by atoms with E-state index in [0.29, 0.717) is 16.5 Å². The minimum atomic E-state index is -0.406. The van der Waals surface area contributed by atoms with Gasteiger partial charge in [-0.05, 0) is 25.0 Å². The topological polar surface area (TPSA) is 22.1 Å². The van der Waals surface area contributed by atoms with E-state index in [2.05, 4.69) is 4.98 Å². The van der Waals surface area contributed by atoms with Crippen LogP contribution < -0.4 is 4.74 Å². The lowest BCUT2D eigenvalue weighted by atomic mass is 10.1. The summed E-state index contributed by atoms with van der Waals surface area (Å²) in [5.74, 6) is 0.291. The number of methoxy groups -OCH3 is 1. The predicted octanol–water partition coefficient (Wildman–Crippen LogP) is 3.91. The maximum absolute atomic E-state index is 13.6. The Kier molecular flexibility index (Phi) is 2.44. The van der Waals surface area contributed by atoms with Gasteiger partial charge in [0.1, 0.15) is 0 Å². The van der Waals surface area contributed by atoms with Crippen LogP contribution in [-0.4, -0.2) is 12.1 Å². The monoisotopic (exact) mass is 251 g/mol. The molecule has 1 aliphatic carbocycles. The molecule has 0 unspecified atom stereocenters. The van der Waals surface area contributed by atoms with Crippen molar-refractivity contribution in [2.24, 2.45) is 0 Å². The van der Waals surface area contributed by atoms with E-state index in [1.54, 1.807) is 6.07 Å². The van der Waals surface area contributed by atoms with Gasteiger partial charge in [0.05, 0.1) is 17.6 Å². The summed E-state index contributed by atoms with van der Waals surface area (Å²) in [6.45, 7) is 0. The van der Waals surface area contributed by atoms with Gasteiger partial charge in [-0.1, -0.05) is 11.6 Å². The van der Waals surface area contributed by atoms with Gasteiger partial charge in [-0.2, -0.15) is 0 Å². The van der Waals surface area contributed by atoms with Gasteiger partial charge in [0.15, 0.2) is 11.6 Å². The van der Waals surface area contributed by atoms with Gasteiger partial charge in [0.2, 0.25) is 0 Å². The van der Waals surface area contributed by atoms with Gasteiger partial charge in [0.25, 0.3) is 0 Å². The second-order valence-electron chi connectivity index (χ2n) is 4.31. The van der Waals surface area contributed by atoms with Crippen LogP contribution in [0.2, 0.25) is 5.02 Å². The molecule has 4 heteroatoms. The molecule has 1 aliphatic rings. The molecule has 0 spiro atoms. The highest BCUT2D eigenvalue weighted by molar-refractivity contribution is 6.35. The van der Waals surface area contributed by atoms with Crippen LogP contribution >= 0.6 is 11.6 Å². The van der Waals surface area contributed by atoms with Crippen molar-refractivity contribution in [3.63, 3.8) is 0 Å².